The molecule has 17 heavy (non-hydrogen) atoms. The first-order valence-electron chi connectivity index (χ1n) is 6.77. The van der Waals surface area contributed by atoms with E-state index in [2.05, 4.69) is 31.0 Å². The molecular formula is C13H28N2O2. The van der Waals surface area contributed by atoms with Gasteiger partial charge in [-0.05, 0) is 20.0 Å². The molecule has 0 bridgehead atoms. The smallest absolute Gasteiger partial charge is 0.0623 e. The molecule has 4 nitrogen and oxygen atoms in total. The highest BCUT2D eigenvalue weighted by atomic mass is 16.5. The Bertz CT molecular complexity index is 202. The van der Waals surface area contributed by atoms with Crippen LogP contribution in [0.5, 0.6) is 0 Å². The van der Waals surface area contributed by atoms with Gasteiger partial charge in [0.25, 0.3) is 0 Å². The van der Waals surface area contributed by atoms with Gasteiger partial charge in [0.15, 0.2) is 0 Å². The van der Waals surface area contributed by atoms with Crippen molar-refractivity contribution in [3.05, 3.63) is 0 Å². The predicted molar refractivity (Wildman–Crippen MR) is 70.4 cm³/mol. The van der Waals surface area contributed by atoms with Gasteiger partial charge in [0, 0.05) is 31.7 Å². The van der Waals surface area contributed by atoms with Crippen molar-refractivity contribution in [1.82, 2.24) is 10.2 Å². The third-order valence-corrected chi connectivity index (χ3v) is 3.57. The average Bonchev–Trinajstić information content (AvgIpc) is 2.74. The molecular weight excluding hydrogens is 216 g/mol. The summed E-state index contributed by atoms with van der Waals surface area (Å²) in [5.41, 5.74) is 0. The van der Waals surface area contributed by atoms with Crippen LogP contribution < -0.4 is 5.32 Å². The normalized spacial score (nSPS) is 26.6. The lowest BCUT2D eigenvalue weighted by Gasteiger charge is -2.31. The van der Waals surface area contributed by atoms with Crippen molar-refractivity contribution in [2.24, 2.45) is 5.92 Å². The van der Waals surface area contributed by atoms with E-state index in [4.69, 9.17) is 9.47 Å². The van der Waals surface area contributed by atoms with Gasteiger partial charge in [-0.2, -0.15) is 0 Å². The Morgan fingerprint density at radius 2 is 2.18 bits per heavy atom. The van der Waals surface area contributed by atoms with Gasteiger partial charge in [0.1, 0.15) is 0 Å². The van der Waals surface area contributed by atoms with Gasteiger partial charge >= 0.3 is 0 Å². The fourth-order valence-electron chi connectivity index (χ4n) is 2.53. The molecule has 1 rings (SSSR count). The molecule has 1 saturated heterocycles. The van der Waals surface area contributed by atoms with Crippen LogP contribution >= 0.6 is 0 Å². The predicted octanol–water partition coefficient (Wildman–Crippen LogP) is 0.968. The molecule has 1 heterocycles. The van der Waals surface area contributed by atoms with Crippen LogP contribution in [-0.2, 0) is 9.47 Å². The van der Waals surface area contributed by atoms with E-state index in [1.807, 2.05) is 0 Å². The number of rotatable bonds is 8. The first kappa shape index (κ1) is 14.9. The quantitative estimate of drug-likeness (QED) is 0.690. The Balaban J connectivity index is 2.43. The Labute approximate surface area is 106 Å². The number of nitrogens with one attached hydrogen (secondary N) is 1. The van der Waals surface area contributed by atoms with Crippen molar-refractivity contribution < 1.29 is 9.47 Å². The second-order valence-corrected chi connectivity index (χ2v) is 4.85. The van der Waals surface area contributed by atoms with Crippen molar-refractivity contribution in [2.75, 3.05) is 46.6 Å². The van der Waals surface area contributed by atoms with E-state index in [1.54, 1.807) is 7.11 Å². The zero-order valence-corrected chi connectivity index (χ0v) is 11.7. The van der Waals surface area contributed by atoms with Crippen LogP contribution in [-0.4, -0.2) is 63.5 Å². The Kier molecular flexibility index (Phi) is 7.04. The van der Waals surface area contributed by atoms with Crippen molar-refractivity contribution in [2.45, 2.75) is 32.9 Å². The number of hydrogen-bond acceptors (Lipinski definition) is 4. The molecule has 1 aliphatic rings. The van der Waals surface area contributed by atoms with E-state index in [1.165, 1.54) is 0 Å². The van der Waals surface area contributed by atoms with Crippen LogP contribution in [0.3, 0.4) is 0 Å². The van der Waals surface area contributed by atoms with Crippen LogP contribution in [0.1, 0.15) is 20.8 Å². The maximum atomic E-state index is 5.59. The molecule has 4 heteroatoms. The highest BCUT2D eigenvalue weighted by Crippen LogP contribution is 2.16. The molecule has 0 aliphatic carbocycles. The van der Waals surface area contributed by atoms with Crippen LogP contribution in [0.2, 0.25) is 0 Å². The lowest BCUT2D eigenvalue weighted by molar-refractivity contribution is 0.0862. The summed E-state index contributed by atoms with van der Waals surface area (Å²) in [7, 11) is 1.77. The third kappa shape index (κ3) is 4.54. The monoisotopic (exact) mass is 244 g/mol. The molecule has 102 valence electrons. The Morgan fingerprint density at radius 3 is 2.76 bits per heavy atom. The second-order valence-electron chi connectivity index (χ2n) is 4.85. The Morgan fingerprint density at radius 1 is 1.41 bits per heavy atom. The molecule has 0 radical (unpaired) electrons. The molecule has 0 amide bonds. The van der Waals surface area contributed by atoms with Gasteiger partial charge in [-0.15, -0.1) is 0 Å². The van der Waals surface area contributed by atoms with Gasteiger partial charge < -0.3 is 14.8 Å². The van der Waals surface area contributed by atoms with E-state index in [-0.39, 0.29) is 0 Å². The summed E-state index contributed by atoms with van der Waals surface area (Å²) >= 11 is 0. The van der Waals surface area contributed by atoms with Crippen molar-refractivity contribution in [3.8, 4) is 0 Å². The molecule has 1 N–H and O–H groups in total. The van der Waals surface area contributed by atoms with Crippen LogP contribution in [0.15, 0.2) is 0 Å². The molecule has 0 aromatic carbocycles. The SMILES string of the molecule is CCNC1COCC1CN(CC)C(C)COC. The Hall–Kier alpha value is -0.160. The summed E-state index contributed by atoms with van der Waals surface area (Å²) in [6, 6.07) is 0.997. The number of nitrogens with zero attached hydrogens (tertiary/aromatic N) is 1. The van der Waals surface area contributed by atoms with E-state index in [9.17, 15) is 0 Å². The van der Waals surface area contributed by atoms with Gasteiger partial charge in [0.2, 0.25) is 0 Å². The first-order valence-corrected chi connectivity index (χ1v) is 6.77. The fraction of sp³-hybridized carbons (Fsp3) is 1.00. The van der Waals surface area contributed by atoms with Gasteiger partial charge in [-0.3, -0.25) is 4.90 Å². The van der Waals surface area contributed by atoms with Crippen molar-refractivity contribution >= 4 is 0 Å². The average molecular weight is 244 g/mol. The molecule has 0 aromatic rings. The maximum absolute atomic E-state index is 5.59. The van der Waals surface area contributed by atoms with Crippen molar-refractivity contribution in [3.63, 3.8) is 0 Å². The number of methoxy groups -OCH3 is 1. The number of hydrogen-bond donors (Lipinski definition) is 1. The highest BCUT2D eigenvalue weighted by molar-refractivity contribution is 4.84. The van der Waals surface area contributed by atoms with Gasteiger partial charge in [-0.25, -0.2) is 0 Å². The summed E-state index contributed by atoms with van der Waals surface area (Å²) in [5.74, 6) is 0.606. The number of likely N-dealkylation sites (N-methyl/N-ethyl adjacent to an activating group) is 2. The third-order valence-electron chi connectivity index (χ3n) is 3.57. The van der Waals surface area contributed by atoms with Crippen LogP contribution in [0, 0.1) is 5.92 Å². The standard InChI is InChI=1S/C13H28N2O2/c1-5-14-13-10-17-9-12(13)7-15(6-2)11(3)8-16-4/h11-14H,5-10H2,1-4H3. The summed E-state index contributed by atoms with van der Waals surface area (Å²) in [6.07, 6.45) is 0. The van der Waals surface area contributed by atoms with E-state index in [0.717, 1.165) is 39.5 Å². The van der Waals surface area contributed by atoms with E-state index < -0.39 is 0 Å². The molecule has 3 unspecified atom stereocenters. The molecule has 0 saturated carbocycles. The van der Waals surface area contributed by atoms with Crippen LogP contribution in [0.25, 0.3) is 0 Å². The minimum absolute atomic E-state index is 0.480. The van der Waals surface area contributed by atoms with Gasteiger partial charge in [0.05, 0.1) is 19.8 Å². The van der Waals surface area contributed by atoms with E-state index in [0.29, 0.717) is 18.0 Å². The van der Waals surface area contributed by atoms with Crippen molar-refractivity contribution in [1.29, 1.82) is 0 Å². The van der Waals surface area contributed by atoms with Gasteiger partial charge in [-0.1, -0.05) is 13.8 Å². The summed E-state index contributed by atoms with van der Waals surface area (Å²) in [4.78, 5) is 2.48. The summed E-state index contributed by atoms with van der Waals surface area (Å²) in [6.45, 7) is 12.3. The fourth-order valence-corrected chi connectivity index (χ4v) is 2.53. The number of ether oxygens (including phenoxy) is 2. The largest absolute Gasteiger partial charge is 0.383 e. The summed E-state index contributed by atoms with van der Waals surface area (Å²) < 4.78 is 10.8. The minimum atomic E-state index is 0.480. The molecule has 0 spiro atoms. The highest BCUT2D eigenvalue weighted by Gasteiger charge is 2.29. The summed E-state index contributed by atoms with van der Waals surface area (Å²) in [5, 5.41) is 3.51. The van der Waals surface area contributed by atoms with E-state index >= 15 is 0 Å². The zero-order chi connectivity index (χ0) is 12.7. The zero-order valence-electron chi connectivity index (χ0n) is 11.7. The molecule has 1 fully saturated rings. The maximum Gasteiger partial charge on any atom is 0.0623 e. The minimum Gasteiger partial charge on any atom is -0.383 e. The first-order chi connectivity index (χ1) is 8.22. The molecule has 3 atom stereocenters. The van der Waals surface area contributed by atoms with Crippen LogP contribution in [0.4, 0.5) is 0 Å². The second kappa shape index (κ2) is 8.03. The molecule has 1 aliphatic heterocycles. The molecule has 0 aromatic heterocycles. The lowest BCUT2D eigenvalue weighted by atomic mass is 10.0. The topological polar surface area (TPSA) is 33.7 Å². The lowest BCUT2D eigenvalue weighted by Crippen LogP contribution is -2.45.